The van der Waals surface area contributed by atoms with Gasteiger partial charge in [0.2, 0.25) is 0 Å². The molecular weight excluding hydrogens is 464 g/mol. The van der Waals surface area contributed by atoms with Crippen LogP contribution in [-0.4, -0.2) is 24.0 Å². The molecule has 0 bridgehead atoms. The van der Waals surface area contributed by atoms with Gasteiger partial charge in [0.25, 0.3) is 0 Å². The summed E-state index contributed by atoms with van der Waals surface area (Å²) in [6, 6.07) is 15.8. The molecule has 0 spiro atoms. The van der Waals surface area contributed by atoms with Crippen molar-refractivity contribution in [2.24, 2.45) is 5.10 Å². The van der Waals surface area contributed by atoms with E-state index in [0.717, 1.165) is 41.7 Å². The number of benzene rings is 2. The normalized spacial score (nSPS) is 12.5. The minimum absolute atomic E-state index is 0.366. The quantitative estimate of drug-likeness (QED) is 0.185. The van der Waals surface area contributed by atoms with Crippen LogP contribution in [0.2, 0.25) is 0 Å². The number of fused-ring (bicyclic) bond motifs is 1. The Morgan fingerprint density at radius 3 is 2.54 bits per heavy atom. The van der Waals surface area contributed by atoms with E-state index in [1.807, 2.05) is 19.1 Å². The maximum atomic E-state index is 12.3. The number of rotatable bonds is 5. The summed E-state index contributed by atoms with van der Waals surface area (Å²) in [7, 11) is 0. The molecule has 1 aliphatic rings. The topological polar surface area (TPSA) is 121 Å². The highest BCUT2D eigenvalue weighted by Crippen LogP contribution is 2.37. The first-order valence-corrected chi connectivity index (χ1v) is 11.8. The lowest BCUT2D eigenvalue weighted by Gasteiger charge is -2.09. The first-order valence-electron chi connectivity index (χ1n) is 11.0. The number of aryl methyl sites for hydroxylation is 2. The van der Waals surface area contributed by atoms with E-state index in [4.69, 9.17) is 4.74 Å². The van der Waals surface area contributed by atoms with Gasteiger partial charge in [-0.05, 0) is 79.6 Å². The predicted octanol–water partition coefficient (Wildman–Crippen LogP) is 4.12. The summed E-state index contributed by atoms with van der Waals surface area (Å²) in [5.41, 5.74) is 5.54. The predicted molar refractivity (Wildman–Crippen MR) is 133 cm³/mol. The Hall–Kier alpha value is -4.29. The molecule has 176 valence electrons. The van der Waals surface area contributed by atoms with Crippen LogP contribution in [-0.2, 0) is 22.4 Å². The smallest absolute Gasteiger partial charge is 0.343 e. The number of hydrazone groups is 1. The number of nitrogens with one attached hydrogen (secondary N) is 2. The van der Waals surface area contributed by atoms with E-state index in [1.54, 1.807) is 36.4 Å². The van der Waals surface area contributed by atoms with Crippen LogP contribution in [0.25, 0.3) is 0 Å². The summed E-state index contributed by atoms with van der Waals surface area (Å²) in [4.78, 5) is 37.8. The van der Waals surface area contributed by atoms with E-state index in [2.05, 4.69) is 21.9 Å². The molecule has 2 N–H and O–H groups in total. The van der Waals surface area contributed by atoms with Crippen molar-refractivity contribution in [3.63, 3.8) is 0 Å². The average molecular weight is 487 g/mol. The molecule has 8 nitrogen and oxygen atoms in total. The molecule has 0 saturated carbocycles. The monoisotopic (exact) mass is 486 g/mol. The van der Waals surface area contributed by atoms with Crippen molar-refractivity contribution in [1.29, 1.82) is 5.26 Å². The van der Waals surface area contributed by atoms with Gasteiger partial charge in [0.15, 0.2) is 0 Å². The fourth-order valence-electron chi connectivity index (χ4n) is 3.73. The largest absolute Gasteiger partial charge is 0.423 e. The Labute approximate surface area is 206 Å². The molecule has 9 heteroatoms. The number of nitriles is 1. The van der Waals surface area contributed by atoms with E-state index >= 15 is 0 Å². The van der Waals surface area contributed by atoms with E-state index in [0.29, 0.717) is 27.4 Å². The maximum absolute atomic E-state index is 12.3. The molecule has 35 heavy (non-hydrogen) atoms. The third-order valence-corrected chi connectivity index (χ3v) is 6.76. The molecule has 1 aromatic heterocycles. The Morgan fingerprint density at radius 2 is 1.80 bits per heavy atom. The highest BCUT2D eigenvalue weighted by molar-refractivity contribution is 7.16. The van der Waals surface area contributed by atoms with Gasteiger partial charge in [-0.15, -0.1) is 11.3 Å². The number of esters is 1. The van der Waals surface area contributed by atoms with Gasteiger partial charge in [0.05, 0.1) is 17.3 Å². The zero-order chi connectivity index (χ0) is 24.8. The highest BCUT2D eigenvalue weighted by atomic mass is 32.1. The lowest BCUT2D eigenvalue weighted by molar-refractivity contribution is -0.136. The number of anilines is 1. The Morgan fingerprint density at radius 1 is 1.06 bits per heavy atom. The lowest BCUT2D eigenvalue weighted by Crippen LogP contribution is -2.32. The van der Waals surface area contributed by atoms with E-state index in [9.17, 15) is 19.6 Å². The van der Waals surface area contributed by atoms with Crippen LogP contribution < -0.4 is 15.5 Å². The summed E-state index contributed by atoms with van der Waals surface area (Å²) in [6.07, 6.45) is 5.12. The molecular formula is C26H22N4O4S. The molecule has 3 aromatic rings. The fourth-order valence-corrected chi connectivity index (χ4v) is 4.97. The molecule has 2 aromatic carbocycles. The van der Waals surface area contributed by atoms with Crippen LogP contribution >= 0.6 is 11.3 Å². The van der Waals surface area contributed by atoms with Crippen LogP contribution in [0.5, 0.6) is 5.75 Å². The van der Waals surface area contributed by atoms with Crippen LogP contribution in [0.1, 0.15) is 50.3 Å². The number of carbonyl (C=O) groups excluding carboxylic acids is 3. The van der Waals surface area contributed by atoms with Gasteiger partial charge in [0, 0.05) is 4.88 Å². The maximum Gasteiger partial charge on any atom is 0.343 e. The fraction of sp³-hybridized carbons (Fsp3) is 0.192. The third-order valence-electron chi connectivity index (χ3n) is 5.55. The van der Waals surface area contributed by atoms with Gasteiger partial charge in [-0.25, -0.2) is 10.2 Å². The molecule has 0 fully saturated rings. The minimum Gasteiger partial charge on any atom is -0.423 e. The summed E-state index contributed by atoms with van der Waals surface area (Å²) in [5.74, 6) is -1.92. The van der Waals surface area contributed by atoms with Crippen molar-refractivity contribution >= 4 is 40.3 Å². The molecule has 4 rings (SSSR count). The molecule has 0 radical (unpaired) electrons. The molecule has 0 unspecified atom stereocenters. The van der Waals surface area contributed by atoms with Crippen molar-refractivity contribution in [3.05, 3.63) is 81.2 Å². The summed E-state index contributed by atoms with van der Waals surface area (Å²) >= 11 is 1.35. The van der Waals surface area contributed by atoms with Crippen LogP contribution in [0.4, 0.5) is 5.00 Å². The second-order valence-corrected chi connectivity index (χ2v) is 9.06. The molecule has 0 atom stereocenters. The number of hydrogen-bond donors (Lipinski definition) is 2. The van der Waals surface area contributed by atoms with E-state index < -0.39 is 17.8 Å². The van der Waals surface area contributed by atoms with E-state index in [1.165, 1.54) is 17.6 Å². The molecule has 2 amide bonds. The summed E-state index contributed by atoms with van der Waals surface area (Å²) in [6.45, 7) is 1.83. The van der Waals surface area contributed by atoms with Gasteiger partial charge >= 0.3 is 17.8 Å². The molecule has 1 heterocycles. The first-order chi connectivity index (χ1) is 17.0. The van der Waals surface area contributed by atoms with Gasteiger partial charge in [-0.1, -0.05) is 18.2 Å². The van der Waals surface area contributed by atoms with Crippen molar-refractivity contribution < 1.29 is 19.1 Å². The lowest BCUT2D eigenvalue weighted by atomic mass is 9.96. The average Bonchev–Trinajstić information content (AvgIpc) is 3.22. The minimum atomic E-state index is -0.944. The van der Waals surface area contributed by atoms with Crippen molar-refractivity contribution in [3.8, 4) is 11.8 Å². The van der Waals surface area contributed by atoms with Crippen molar-refractivity contribution in [2.45, 2.75) is 32.6 Å². The second-order valence-electron chi connectivity index (χ2n) is 7.95. The standard InChI is InChI=1S/C26H22N4O4S/c1-16-6-2-3-7-19(16)26(33)34-18-12-10-17(11-13-18)15-28-30-24(32)23(31)29-25-21(14-27)20-8-4-5-9-22(20)35-25/h2-3,6-7,10-13,15H,4-5,8-9H2,1H3,(H,29,31)(H,30,32). The SMILES string of the molecule is Cc1ccccc1C(=O)Oc1ccc(C=NNC(=O)C(=O)Nc2sc3c(c2C#N)CCCC3)cc1. The molecule has 0 aliphatic heterocycles. The number of amides is 2. The van der Waals surface area contributed by atoms with E-state index in [-0.39, 0.29) is 0 Å². The number of thiophene rings is 1. The summed E-state index contributed by atoms with van der Waals surface area (Å²) < 4.78 is 5.39. The molecule has 0 saturated heterocycles. The molecule has 1 aliphatic carbocycles. The number of nitrogens with zero attached hydrogens (tertiary/aromatic N) is 2. The zero-order valence-electron chi connectivity index (χ0n) is 19.0. The van der Waals surface area contributed by atoms with Gasteiger partial charge in [0.1, 0.15) is 16.8 Å². The number of hydrogen-bond acceptors (Lipinski definition) is 7. The second kappa shape index (κ2) is 10.8. The zero-order valence-corrected chi connectivity index (χ0v) is 19.8. The summed E-state index contributed by atoms with van der Waals surface area (Å²) in [5, 5.41) is 16.2. The Balaban J connectivity index is 1.31. The van der Waals surface area contributed by atoms with Crippen molar-refractivity contribution in [1.82, 2.24) is 5.43 Å². The number of carbonyl (C=O) groups is 3. The first kappa shape index (κ1) is 23.9. The number of ether oxygens (including phenoxy) is 1. The van der Waals surface area contributed by atoms with Crippen LogP contribution in [0.3, 0.4) is 0 Å². The van der Waals surface area contributed by atoms with Gasteiger partial charge < -0.3 is 10.1 Å². The highest BCUT2D eigenvalue weighted by Gasteiger charge is 2.23. The van der Waals surface area contributed by atoms with Gasteiger partial charge in [-0.2, -0.15) is 10.4 Å². The third kappa shape index (κ3) is 5.62. The Bertz CT molecular complexity index is 1350. The van der Waals surface area contributed by atoms with Crippen LogP contribution in [0, 0.1) is 18.3 Å². The van der Waals surface area contributed by atoms with Crippen LogP contribution in [0.15, 0.2) is 53.6 Å². The van der Waals surface area contributed by atoms with Gasteiger partial charge in [-0.3, -0.25) is 9.59 Å². The Kier molecular flexibility index (Phi) is 7.33. The van der Waals surface area contributed by atoms with Crippen molar-refractivity contribution in [2.75, 3.05) is 5.32 Å².